The predicted octanol–water partition coefficient (Wildman–Crippen LogP) is 3.47. The Morgan fingerprint density at radius 3 is 2.90 bits per heavy atom. The quantitative estimate of drug-likeness (QED) is 0.873. The molecule has 2 rings (SSSR count). The maximum Gasteiger partial charge on any atom is 0.220 e. The Balaban J connectivity index is 0.00000200. The SMILES string of the molecule is CC(NC(=O)CCC1CCCN1)c1ccccc1Cl.Cl. The van der Waals surface area contributed by atoms with Crippen LogP contribution in [0.2, 0.25) is 5.02 Å². The lowest BCUT2D eigenvalue weighted by molar-refractivity contribution is -0.121. The van der Waals surface area contributed by atoms with E-state index in [-0.39, 0.29) is 24.4 Å². The van der Waals surface area contributed by atoms with Crippen LogP contribution < -0.4 is 10.6 Å². The van der Waals surface area contributed by atoms with Crippen molar-refractivity contribution in [3.63, 3.8) is 0 Å². The van der Waals surface area contributed by atoms with Crippen LogP contribution in [-0.2, 0) is 4.79 Å². The molecular weight excluding hydrogens is 295 g/mol. The van der Waals surface area contributed by atoms with Gasteiger partial charge in [0.25, 0.3) is 0 Å². The molecular formula is C15H22Cl2N2O. The van der Waals surface area contributed by atoms with Crippen molar-refractivity contribution in [2.45, 2.75) is 44.7 Å². The average Bonchev–Trinajstić information content (AvgIpc) is 2.90. The third-order valence-corrected chi connectivity index (χ3v) is 3.98. The molecule has 0 aromatic heterocycles. The monoisotopic (exact) mass is 316 g/mol. The first-order valence-electron chi connectivity index (χ1n) is 6.94. The largest absolute Gasteiger partial charge is 0.350 e. The van der Waals surface area contributed by atoms with E-state index >= 15 is 0 Å². The van der Waals surface area contributed by atoms with Crippen LogP contribution in [0, 0.1) is 0 Å². The first kappa shape index (κ1) is 17.3. The molecule has 3 nitrogen and oxygen atoms in total. The number of hydrogen-bond acceptors (Lipinski definition) is 2. The van der Waals surface area contributed by atoms with Gasteiger partial charge in [-0.1, -0.05) is 29.8 Å². The fraction of sp³-hybridized carbons (Fsp3) is 0.533. The van der Waals surface area contributed by atoms with Gasteiger partial charge in [0, 0.05) is 17.5 Å². The molecule has 1 aliphatic rings. The van der Waals surface area contributed by atoms with Gasteiger partial charge in [0.2, 0.25) is 5.91 Å². The molecule has 2 unspecified atom stereocenters. The fourth-order valence-electron chi connectivity index (χ4n) is 2.53. The fourth-order valence-corrected chi connectivity index (χ4v) is 2.83. The van der Waals surface area contributed by atoms with E-state index in [9.17, 15) is 4.79 Å². The first-order chi connectivity index (χ1) is 9.16. The van der Waals surface area contributed by atoms with Gasteiger partial charge in [0.1, 0.15) is 0 Å². The number of nitrogens with one attached hydrogen (secondary N) is 2. The van der Waals surface area contributed by atoms with Gasteiger partial charge in [-0.25, -0.2) is 0 Å². The van der Waals surface area contributed by atoms with Crippen LogP contribution >= 0.6 is 24.0 Å². The van der Waals surface area contributed by atoms with Gasteiger partial charge < -0.3 is 10.6 Å². The molecule has 5 heteroatoms. The molecule has 1 saturated heterocycles. The molecule has 1 heterocycles. The summed E-state index contributed by atoms with van der Waals surface area (Å²) in [5, 5.41) is 7.12. The molecule has 1 aromatic rings. The van der Waals surface area contributed by atoms with Crippen LogP contribution in [0.1, 0.15) is 44.2 Å². The van der Waals surface area contributed by atoms with Gasteiger partial charge in [-0.05, 0) is 44.4 Å². The van der Waals surface area contributed by atoms with Crippen molar-refractivity contribution in [1.82, 2.24) is 10.6 Å². The highest BCUT2D eigenvalue weighted by atomic mass is 35.5. The van der Waals surface area contributed by atoms with Crippen LogP contribution in [0.15, 0.2) is 24.3 Å². The summed E-state index contributed by atoms with van der Waals surface area (Å²) in [4.78, 5) is 11.9. The highest BCUT2D eigenvalue weighted by Crippen LogP contribution is 2.22. The van der Waals surface area contributed by atoms with Crippen molar-refractivity contribution in [1.29, 1.82) is 0 Å². The van der Waals surface area contributed by atoms with E-state index in [4.69, 9.17) is 11.6 Å². The molecule has 112 valence electrons. The van der Waals surface area contributed by atoms with Crippen LogP contribution in [-0.4, -0.2) is 18.5 Å². The molecule has 1 fully saturated rings. The van der Waals surface area contributed by atoms with Gasteiger partial charge in [0.05, 0.1) is 6.04 Å². The summed E-state index contributed by atoms with van der Waals surface area (Å²) in [7, 11) is 0. The second kappa shape index (κ2) is 8.50. The van der Waals surface area contributed by atoms with Gasteiger partial charge >= 0.3 is 0 Å². The lowest BCUT2D eigenvalue weighted by atomic mass is 10.1. The van der Waals surface area contributed by atoms with Gasteiger partial charge in [0.15, 0.2) is 0 Å². The zero-order valence-electron chi connectivity index (χ0n) is 11.7. The maximum absolute atomic E-state index is 11.9. The minimum Gasteiger partial charge on any atom is -0.350 e. The highest BCUT2D eigenvalue weighted by Gasteiger charge is 2.17. The second-order valence-electron chi connectivity index (χ2n) is 5.14. The third-order valence-electron chi connectivity index (χ3n) is 3.63. The Morgan fingerprint density at radius 2 is 2.25 bits per heavy atom. The van der Waals surface area contributed by atoms with Gasteiger partial charge in [-0.15, -0.1) is 12.4 Å². The summed E-state index contributed by atoms with van der Waals surface area (Å²) in [6, 6.07) is 8.10. The predicted molar refractivity (Wildman–Crippen MR) is 85.5 cm³/mol. The number of carbonyl (C=O) groups is 1. The Morgan fingerprint density at radius 1 is 1.50 bits per heavy atom. The zero-order chi connectivity index (χ0) is 13.7. The highest BCUT2D eigenvalue weighted by molar-refractivity contribution is 6.31. The van der Waals surface area contributed by atoms with Crippen LogP contribution in [0.25, 0.3) is 0 Å². The standard InChI is InChI=1S/C15H21ClN2O.ClH/c1-11(13-6-2-3-7-14(13)16)18-15(19)9-8-12-5-4-10-17-12;/h2-3,6-7,11-12,17H,4-5,8-10H2,1H3,(H,18,19);1H. The summed E-state index contributed by atoms with van der Waals surface area (Å²) in [5.74, 6) is 0.0983. The topological polar surface area (TPSA) is 41.1 Å². The van der Waals surface area contributed by atoms with E-state index in [0.717, 1.165) is 18.5 Å². The van der Waals surface area contributed by atoms with Crippen LogP contribution in [0.3, 0.4) is 0 Å². The number of benzene rings is 1. The Bertz CT molecular complexity index is 434. The van der Waals surface area contributed by atoms with Crippen LogP contribution in [0.4, 0.5) is 0 Å². The molecule has 0 spiro atoms. The molecule has 0 aliphatic carbocycles. The van der Waals surface area contributed by atoms with E-state index in [0.29, 0.717) is 17.5 Å². The summed E-state index contributed by atoms with van der Waals surface area (Å²) < 4.78 is 0. The molecule has 1 aliphatic heterocycles. The summed E-state index contributed by atoms with van der Waals surface area (Å²) >= 11 is 6.12. The maximum atomic E-state index is 11.9. The van der Waals surface area contributed by atoms with Crippen molar-refractivity contribution in [3.8, 4) is 0 Å². The van der Waals surface area contributed by atoms with E-state index in [1.54, 1.807) is 0 Å². The van der Waals surface area contributed by atoms with E-state index in [2.05, 4.69) is 10.6 Å². The van der Waals surface area contributed by atoms with Crippen molar-refractivity contribution in [3.05, 3.63) is 34.9 Å². The smallest absolute Gasteiger partial charge is 0.220 e. The van der Waals surface area contributed by atoms with Crippen molar-refractivity contribution < 1.29 is 4.79 Å². The first-order valence-corrected chi connectivity index (χ1v) is 7.32. The van der Waals surface area contributed by atoms with E-state index in [1.165, 1.54) is 12.8 Å². The summed E-state index contributed by atoms with van der Waals surface area (Å²) in [6.07, 6.45) is 3.91. The van der Waals surface area contributed by atoms with Crippen molar-refractivity contribution in [2.75, 3.05) is 6.54 Å². The van der Waals surface area contributed by atoms with Gasteiger partial charge in [-0.2, -0.15) is 0 Å². The van der Waals surface area contributed by atoms with Crippen molar-refractivity contribution >= 4 is 29.9 Å². The Labute approximate surface area is 131 Å². The number of rotatable bonds is 5. The molecule has 0 saturated carbocycles. The number of halogens is 2. The number of carbonyl (C=O) groups excluding carboxylic acids is 1. The van der Waals surface area contributed by atoms with Gasteiger partial charge in [-0.3, -0.25) is 4.79 Å². The minimum atomic E-state index is -0.0438. The summed E-state index contributed by atoms with van der Waals surface area (Å²) in [5.41, 5.74) is 0.969. The molecule has 2 N–H and O–H groups in total. The second-order valence-corrected chi connectivity index (χ2v) is 5.55. The van der Waals surface area contributed by atoms with Crippen molar-refractivity contribution in [2.24, 2.45) is 0 Å². The zero-order valence-corrected chi connectivity index (χ0v) is 13.3. The lowest BCUT2D eigenvalue weighted by Crippen LogP contribution is -2.29. The Hall–Kier alpha value is -0.770. The number of amides is 1. The average molecular weight is 317 g/mol. The third kappa shape index (κ3) is 4.97. The van der Waals surface area contributed by atoms with Crippen LogP contribution in [0.5, 0.6) is 0 Å². The molecule has 20 heavy (non-hydrogen) atoms. The lowest BCUT2D eigenvalue weighted by Gasteiger charge is -2.16. The van der Waals surface area contributed by atoms with E-state index in [1.807, 2.05) is 31.2 Å². The van der Waals surface area contributed by atoms with E-state index < -0.39 is 0 Å². The Kier molecular flexibility index (Phi) is 7.35. The normalized spacial score (nSPS) is 19.2. The minimum absolute atomic E-state index is 0. The molecule has 0 radical (unpaired) electrons. The summed E-state index contributed by atoms with van der Waals surface area (Å²) in [6.45, 7) is 3.05. The molecule has 1 aromatic carbocycles. The molecule has 0 bridgehead atoms. The molecule has 1 amide bonds. The number of hydrogen-bond donors (Lipinski definition) is 2. The molecule has 2 atom stereocenters.